The molecular formula is C21H37FO15. The number of rotatable bonds is 10. The van der Waals surface area contributed by atoms with E-state index in [4.69, 9.17) is 28.4 Å². The lowest BCUT2D eigenvalue weighted by molar-refractivity contribution is -0.359. The first-order valence-corrected chi connectivity index (χ1v) is 12.0. The lowest BCUT2D eigenvalue weighted by Crippen LogP contribution is -2.64. The van der Waals surface area contributed by atoms with Gasteiger partial charge in [-0.2, -0.15) is 0 Å². The molecule has 0 amide bonds. The first kappa shape index (κ1) is 30.9. The van der Waals surface area contributed by atoms with E-state index in [0.29, 0.717) is 6.42 Å². The summed E-state index contributed by atoms with van der Waals surface area (Å²) in [4.78, 5) is 0. The van der Waals surface area contributed by atoms with Gasteiger partial charge >= 0.3 is 0 Å². The summed E-state index contributed by atoms with van der Waals surface area (Å²) < 4.78 is 47.5. The summed E-state index contributed by atoms with van der Waals surface area (Å²) in [6.07, 6.45) is -24.5. The topological polar surface area (TPSA) is 237 Å². The average Bonchev–Trinajstić information content (AvgIpc) is 2.89. The van der Waals surface area contributed by atoms with E-state index in [1.165, 1.54) is 0 Å². The predicted octanol–water partition coefficient (Wildman–Crippen LogP) is -5.16. The van der Waals surface area contributed by atoms with Crippen molar-refractivity contribution in [3.63, 3.8) is 0 Å². The maximum absolute atomic E-state index is 15.3. The molecule has 3 aliphatic heterocycles. The van der Waals surface area contributed by atoms with Crippen LogP contribution < -0.4 is 0 Å². The van der Waals surface area contributed by atoms with E-state index >= 15 is 4.39 Å². The number of halogens is 1. The van der Waals surface area contributed by atoms with E-state index in [-0.39, 0.29) is 6.61 Å². The summed E-state index contributed by atoms with van der Waals surface area (Å²) in [7, 11) is 0. The van der Waals surface area contributed by atoms with Crippen LogP contribution in [0, 0.1) is 0 Å². The number of alkyl halides is 1. The molecule has 0 aliphatic carbocycles. The molecule has 9 N–H and O–H groups in total. The van der Waals surface area contributed by atoms with Crippen molar-refractivity contribution in [1.82, 2.24) is 0 Å². The Morgan fingerprint density at radius 3 is 1.68 bits per heavy atom. The lowest BCUT2D eigenvalue weighted by atomic mass is 9.97. The third-order valence-corrected chi connectivity index (χ3v) is 6.50. The molecule has 0 aromatic carbocycles. The minimum atomic E-state index is -2.13. The molecule has 3 aliphatic rings. The number of aliphatic hydroxyl groups is 9. The molecule has 0 spiro atoms. The van der Waals surface area contributed by atoms with Crippen molar-refractivity contribution in [1.29, 1.82) is 0 Å². The van der Waals surface area contributed by atoms with Crippen LogP contribution in [0.3, 0.4) is 0 Å². The van der Waals surface area contributed by atoms with Gasteiger partial charge in [-0.05, 0) is 6.42 Å². The van der Waals surface area contributed by atoms with Crippen LogP contribution in [0.4, 0.5) is 4.39 Å². The van der Waals surface area contributed by atoms with Gasteiger partial charge in [-0.25, -0.2) is 4.39 Å². The van der Waals surface area contributed by atoms with E-state index < -0.39 is 112 Å². The van der Waals surface area contributed by atoms with Crippen LogP contribution in [0.1, 0.15) is 13.3 Å². The number of ether oxygens (including phenoxy) is 6. The van der Waals surface area contributed by atoms with Gasteiger partial charge in [0.25, 0.3) is 0 Å². The predicted molar refractivity (Wildman–Crippen MR) is 114 cm³/mol. The Balaban J connectivity index is 1.73. The summed E-state index contributed by atoms with van der Waals surface area (Å²) in [6, 6.07) is 0. The minimum Gasteiger partial charge on any atom is -0.394 e. The Labute approximate surface area is 211 Å². The number of hydrogen-bond acceptors (Lipinski definition) is 15. The third-order valence-electron chi connectivity index (χ3n) is 6.50. The van der Waals surface area contributed by atoms with Crippen LogP contribution in [0.5, 0.6) is 0 Å². The standard InChI is InChI=1S/C21H37FO15/c1-2-3-32-19-10(22)18(37-21-17(31)15(29)12(26)8(5-24)35-21)13(27)9(36-19)6-33-20-16(30)14(28)11(25)7(4-23)34-20/h7-21,23-31H,2-6H2,1H3/t7-,8-,9-,10+,11-,12-,13-,14+,15+,16+,17+,18-,19-,20?,21-/m1/s1. The normalized spacial score (nSPS) is 49.2. The van der Waals surface area contributed by atoms with E-state index in [1.54, 1.807) is 6.92 Å². The van der Waals surface area contributed by atoms with Crippen LogP contribution in [0.25, 0.3) is 0 Å². The SMILES string of the molecule is CCCO[C@@H]1O[C@H](COC2O[C@H](CO)[C@@H](O)[C@H](O)[C@@H]2O)[C@@H](O)[C@H](O[C@H]2O[C@H](CO)[C@@H](O)[C@H](O)[C@@H]2O)[C@@H]1F. The fourth-order valence-corrected chi connectivity index (χ4v) is 4.27. The van der Waals surface area contributed by atoms with E-state index in [9.17, 15) is 46.0 Å². The minimum absolute atomic E-state index is 0.0637. The van der Waals surface area contributed by atoms with Gasteiger partial charge in [0.2, 0.25) is 0 Å². The highest BCUT2D eigenvalue weighted by atomic mass is 19.1. The molecule has 0 saturated carbocycles. The molecule has 37 heavy (non-hydrogen) atoms. The third kappa shape index (κ3) is 6.74. The molecule has 218 valence electrons. The van der Waals surface area contributed by atoms with Crippen molar-refractivity contribution in [2.24, 2.45) is 0 Å². The Morgan fingerprint density at radius 2 is 1.14 bits per heavy atom. The molecule has 3 saturated heterocycles. The fourth-order valence-electron chi connectivity index (χ4n) is 4.27. The summed E-state index contributed by atoms with van der Waals surface area (Å²) >= 11 is 0. The second-order valence-corrected chi connectivity index (χ2v) is 9.18. The fraction of sp³-hybridized carbons (Fsp3) is 1.00. The molecule has 15 nitrogen and oxygen atoms in total. The summed E-state index contributed by atoms with van der Waals surface area (Å²) in [5.41, 5.74) is 0. The highest BCUT2D eigenvalue weighted by Gasteiger charge is 2.52. The zero-order valence-electron chi connectivity index (χ0n) is 20.0. The second-order valence-electron chi connectivity index (χ2n) is 9.18. The van der Waals surface area contributed by atoms with Gasteiger partial charge < -0.3 is 74.4 Å². The lowest BCUT2D eigenvalue weighted by Gasteiger charge is -2.46. The van der Waals surface area contributed by atoms with E-state index in [0.717, 1.165) is 0 Å². The largest absolute Gasteiger partial charge is 0.394 e. The van der Waals surface area contributed by atoms with Crippen molar-refractivity contribution in [2.75, 3.05) is 26.4 Å². The summed E-state index contributed by atoms with van der Waals surface area (Å²) in [5.74, 6) is 0. The van der Waals surface area contributed by atoms with Crippen LogP contribution in [-0.4, -0.2) is 165 Å². The smallest absolute Gasteiger partial charge is 0.192 e. The Morgan fingerprint density at radius 1 is 0.622 bits per heavy atom. The Kier molecular flexibility index (Phi) is 11.3. The highest BCUT2D eigenvalue weighted by Crippen LogP contribution is 2.32. The van der Waals surface area contributed by atoms with Crippen LogP contribution in [0.2, 0.25) is 0 Å². The van der Waals surface area contributed by atoms with Gasteiger partial charge in [-0.3, -0.25) is 0 Å². The Hall–Kier alpha value is -0.670. The quantitative estimate of drug-likeness (QED) is 0.124. The molecule has 0 aromatic heterocycles. The van der Waals surface area contributed by atoms with Gasteiger partial charge in [-0.1, -0.05) is 6.92 Å². The molecule has 16 heteroatoms. The number of hydrogen-bond donors (Lipinski definition) is 9. The van der Waals surface area contributed by atoms with Gasteiger partial charge in [0.15, 0.2) is 25.0 Å². The molecule has 15 atom stereocenters. The molecule has 1 unspecified atom stereocenters. The van der Waals surface area contributed by atoms with Crippen molar-refractivity contribution < 1.29 is 78.8 Å². The molecular weight excluding hydrogens is 511 g/mol. The van der Waals surface area contributed by atoms with E-state index in [1.807, 2.05) is 0 Å². The molecule has 0 radical (unpaired) electrons. The highest BCUT2D eigenvalue weighted by molar-refractivity contribution is 4.95. The van der Waals surface area contributed by atoms with Gasteiger partial charge in [0.05, 0.1) is 19.8 Å². The first-order valence-electron chi connectivity index (χ1n) is 12.0. The maximum Gasteiger partial charge on any atom is 0.192 e. The van der Waals surface area contributed by atoms with Crippen molar-refractivity contribution >= 4 is 0 Å². The van der Waals surface area contributed by atoms with Crippen LogP contribution in [-0.2, 0) is 28.4 Å². The molecule has 0 aromatic rings. The van der Waals surface area contributed by atoms with Crippen molar-refractivity contribution in [3.8, 4) is 0 Å². The van der Waals surface area contributed by atoms with Gasteiger partial charge in [0.1, 0.15) is 67.1 Å². The molecule has 0 bridgehead atoms. The number of aliphatic hydroxyl groups excluding tert-OH is 9. The zero-order chi connectivity index (χ0) is 27.4. The van der Waals surface area contributed by atoms with Crippen molar-refractivity contribution in [2.45, 2.75) is 106 Å². The van der Waals surface area contributed by atoms with Gasteiger partial charge in [0, 0.05) is 6.61 Å². The zero-order valence-corrected chi connectivity index (χ0v) is 20.0. The molecule has 3 heterocycles. The van der Waals surface area contributed by atoms with E-state index in [2.05, 4.69) is 0 Å². The first-order chi connectivity index (χ1) is 17.5. The average molecular weight is 549 g/mol. The molecule has 3 fully saturated rings. The second kappa shape index (κ2) is 13.6. The van der Waals surface area contributed by atoms with Gasteiger partial charge in [-0.15, -0.1) is 0 Å². The summed E-state index contributed by atoms with van der Waals surface area (Å²) in [5, 5.41) is 89.7. The molecule has 3 rings (SSSR count). The van der Waals surface area contributed by atoms with Crippen LogP contribution >= 0.6 is 0 Å². The van der Waals surface area contributed by atoms with Crippen molar-refractivity contribution in [3.05, 3.63) is 0 Å². The summed E-state index contributed by atoms with van der Waals surface area (Å²) in [6.45, 7) is -0.200. The van der Waals surface area contributed by atoms with Crippen LogP contribution in [0.15, 0.2) is 0 Å². The monoisotopic (exact) mass is 548 g/mol. The maximum atomic E-state index is 15.3. The Bertz CT molecular complexity index is 688.